The van der Waals surface area contributed by atoms with Gasteiger partial charge in [-0.1, -0.05) is 41.4 Å². The van der Waals surface area contributed by atoms with Crippen LogP contribution in [0.15, 0.2) is 59.4 Å². The van der Waals surface area contributed by atoms with Gasteiger partial charge < -0.3 is 10.6 Å². The summed E-state index contributed by atoms with van der Waals surface area (Å²) in [6.07, 6.45) is 1.62. The van der Waals surface area contributed by atoms with E-state index in [1.807, 2.05) is 32.0 Å². The van der Waals surface area contributed by atoms with E-state index in [0.717, 1.165) is 11.1 Å². The summed E-state index contributed by atoms with van der Waals surface area (Å²) in [6, 6.07) is 12.8. The molecule has 0 saturated heterocycles. The molecule has 1 heterocycles. The van der Waals surface area contributed by atoms with Gasteiger partial charge in [0.1, 0.15) is 5.70 Å². The molecule has 0 saturated carbocycles. The van der Waals surface area contributed by atoms with E-state index < -0.39 is 0 Å². The molecule has 2 aromatic rings. The molecule has 2 N–H and O–H groups in total. The van der Waals surface area contributed by atoms with Gasteiger partial charge in [0.2, 0.25) is 0 Å². The summed E-state index contributed by atoms with van der Waals surface area (Å²) in [5.74, 6) is -0.293. The van der Waals surface area contributed by atoms with Gasteiger partial charge in [-0.15, -0.1) is 0 Å². The second-order valence-corrected chi connectivity index (χ2v) is 6.78. The van der Waals surface area contributed by atoms with Crippen molar-refractivity contribution < 1.29 is 4.79 Å². The summed E-state index contributed by atoms with van der Waals surface area (Å²) in [6.45, 7) is 3.97. The maximum absolute atomic E-state index is 12.5. The second kappa shape index (κ2) is 7.30. The lowest BCUT2D eigenvalue weighted by atomic mass is 10.0. The number of rotatable bonds is 3. The Labute approximate surface area is 156 Å². The number of nitrogens with one attached hydrogen (secondary N) is 2. The molecule has 3 rings (SSSR count). The standard InChI is InChI=1S/C19H17Cl2N3O/c1-11(2)22-10-17-19(25)24-16-8-7-12(20)9-14(16)18(23-17)13-5-3-4-6-15(13)21/h3-11,22H,1-2H3,(H,24,25). The van der Waals surface area contributed by atoms with Crippen LogP contribution in [0.5, 0.6) is 0 Å². The molecule has 0 aromatic heterocycles. The average Bonchev–Trinajstić information content (AvgIpc) is 2.70. The molecular formula is C19H17Cl2N3O. The molecule has 1 aliphatic rings. The maximum atomic E-state index is 12.5. The Bertz CT molecular complexity index is 888. The van der Waals surface area contributed by atoms with E-state index in [1.165, 1.54) is 0 Å². The largest absolute Gasteiger partial charge is 0.387 e. The third-order valence-corrected chi connectivity index (χ3v) is 4.20. The smallest absolute Gasteiger partial charge is 0.275 e. The maximum Gasteiger partial charge on any atom is 0.275 e. The van der Waals surface area contributed by atoms with E-state index in [9.17, 15) is 4.79 Å². The molecule has 1 aliphatic heterocycles. The Balaban J connectivity index is 2.23. The Kier molecular flexibility index (Phi) is 5.11. The van der Waals surface area contributed by atoms with E-state index in [2.05, 4.69) is 15.6 Å². The number of amides is 1. The van der Waals surface area contributed by atoms with Crippen LogP contribution in [0.2, 0.25) is 10.0 Å². The Morgan fingerprint density at radius 2 is 1.88 bits per heavy atom. The van der Waals surface area contributed by atoms with E-state index >= 15 is 0 Å². The molecule has 0 spiro atoms. The number of anilines is 1. The van der Waals surface area contributed by atoms with Crippen molar-refractivity contribution in [3.05, 3.63) is 75.5 Å². The zero-order valence-electron chi connectivity index (χ0n) is 13.8. The van der Waals surface area contributed by atoms with Gasteiger partial charge in [0.25, 0.3) is 5.91 Å². The number of halogens is 2. The van der Waals surface area contributed by atoms with Gasteiger partial charge in [-0.3, -0.25) is 4.79 Å². The van der Waals surface area contributed by atoms with Crippen molar-refractivity contribution in [2.24, 2.45) is 4.99 Å². The monoisotopic (exact) mass is 373 g/mol. The number of benzodiazepines with no additional fused rings is 1. The first-order chi connectivity index (χ1) is 12.0. The van der Waals surface area contributed by atoms with Crippen LogP contribution < -0.4 is 10.6 Å². The molecule has 25 heavy (non-hydrogen) atoms. The minimum absolute atomic E-state index is 0.180. The molecule has 0 aliphatic carbocycles. The molecule has 1 amide bonds. The van der Waals surface area contributed by atoms with Gasteiger partial charge in [0.15, 0.2) is 0 Å². The number of benzene rings is 2. The minimum Gasteiger partial charge on any atom is -0.387 e. The number of nitrogens with zero attached hydrogens (tertiary/aromatic N) is 1. The predicted octanol–water partition coefficient (Wildman–Crippen LogP) is 4.62. The molecule has 4 nitrogen and oxygen atoms in total. The van der Waals surface area contributed by atoms with Gasteiger partial charge in [-0.2, -0.15) is 0 Å². The predicted molar refractivity (Wildman–Crippen MR) is 104 cm³/mol. The zero-order valence-corrected chi connectivity index (χ0v) is 15.3. The third kappa shape index (κ3) is 3.86. The third-order valence-electron chi connectivity index (χ3n) is 3.63. The van der Waals surface area contributed by atoms with Crippen LogP contribution in [0.4, 0.5) is 5.69 Å². The highest BCUT2D eigenvalue weighted by molar-refractivity contribution is 6.37. The number of aliphatic imine (C=N–C) groups is 1. The topological polar surface area (TPSA) is 53.5 Å². The van der Waals surface area contributed by atoms with Gasteiger partial charge in [0, 0.05) is 33.4 Å². The van der Waals surface area contributed by atoms with Crippen LogP contribution in [-0.2, 0) is 4.79 Å². The summed E-state index contributed by atoms with van der Waals surface area (Å²) in [7, 11) is 0. The lowest BCUT2D eigenvalue weighted by molar-refractivity contribution is -0.112. The van der Waals surface area contributed by atoms with Crippen molar-refractivity contribution in [3.8, 4) is 0 Å². The Morgan fingerprint density at radius 3 is 2.60 bits per heavy atom. The summed E-state index contributed by atoms with van der Waals surface area (Å²) >= 11 is 12.5. The fourth-order valence-electron chi connectivity index (χ4n) is 2.44. The van der Waals surface area contributed by atoms with E-state index in [-0.39, 0.29) is 17.6 Å². The van der Waals surface area contributed by atoms with E-state index in [1.54, 1.807) is 30.5 Å². The lowest BCUT2D eigenvalue weighted by Gasteiger charge is -2.11. The van der Waals surface area contributed by atoms with Crippen LogP contribution in [0.25, 0.3) is 0 Å². The molecule has 2 aromatic carbocycles. The summed E-state index contributed by atoms with van der Waals surface area (Å²) in [5, 5.41) is 7.10. The van der Waals surface area contributed by atoms with Crippen LogP contribution in [-0.4, -0.2) is 17.7 Å². The summed E-state index contributed by atoms with van der Waals surface area (Å²) < 4.78 is 0. The molecule has 6 heteroatoms. The molecular weight excluding hydrogens is 357 g/mol. The van der Waals surface area contributed by atoms with Crippen LogP contribution >= 0.6 is 23.2 Å². The second-order valence-electron chi connectivity index (χ2n) is 5.94. The molecule has 0 atom stereocenters. The number of fused-ring (bicyclic) bond motifs is 1. The highest BCUT2D eigenvalue weighted by atomic mass is 35.5. The Morgan fingerprint density at radius 1 is 1.12 bits per heavy atom. The highest BCUT2D eigenvalue weighted by Gasteiger charge is 2.23. The van der Waals surface area contributed by atoms with Gasteiger partial charge in [-0.25, -0.2) is 4.99 Å². The summed E-state index contributed by atoms with van der Waals surface area (Å²) in [5.41, 5.74) is 2.97. The minimum atomic E-state index is -0.293. The van der Waals surface area contributed by atoms with Crippen molar-refractivity contribution in [3.63, 3.8) is 0 Å². The Hall–Kier alpha value is -2.30. The van der Waals surface area contributed by atoms with Crippen LogP contribution in [0, 0.1) is 0 Å². The average molecular weight is 374 g/mol. The van der Waals surface area contributed by atoms with Crippen molar-refractivity contribution in [1.82, 2.24) is 5.32 Å². The van der Waals surface area contributed by atoms with E-state index in [4.69, 9.17) is 23.2 Å². The van der Waals surface area contributed by atoms with Crippen molar-refractivity contribution in [2.75, 3.05) is 5.32 Å². The highest BCUT2D eigenvalue weighted by Crippen LogP contribution is 2.30. The van der Waals surface area contributed by atoms with Gasteiger partial charge in [0.05, 0.1) is 11.4 Å². The first kappa shape index (κ1) is 17.5. The molecule has 128 valence electrons. The quantitative estimate of drug-likeness (QED) is 0.771. The fourth-order valence-corrected chi connectivity index (χ4v) is 2.84. The van der Waals surface area contributed by atoms with Crippen molar-refractivity contribution in [1.29, 1.82) is 0 Å². The summed E-state index contributed by atoms with van der Waals surface area (Å²) in [4.78, 5) is 17.1. The first-order valence-corrected chi connectivity index (χ1v) is 8.62. The molecule has 0 bridgehead atoms. The number of hydrogen-bond acceptors (Lipinski definition) is 3. The molecule has 0 fully saturated rings. The van der Waals surface area contributed by atoms with Crippen LogP contribution in [0.3, 0.4) is 0 Å². The lowest BCUT2D eigenvalue weighted by Crippen LogP contribution is -2.20. The zero-order chi connectivity index (χ0) is 18.0. The fraction of sp³-hybridized carbons (Fsp3) is 0.158. The first-order valence-electron chi connectivity index (χ1n) is 7.87. The van der Waals surface area contributed by atoms with E-state index in [0.29, 0.717) is 21.4 Å². The van der Waals surface area contributed by atoms with Gasteiger partial charge >= 0.3 is 0 Å². The number of carbonyl (C=O) groups is 1. The van der Waals surface area contributed by atoms with Crippen molar-refractivity contribution >= 4 is 40.5 Å². The number of hydrogen-bond donors (Lipinski definition) is 2. The van der Waals surface area contributed by atoms with Crippen LogP contribution in [0.1, 0.15) is 25.0 Å². The van der Waals surface area contributed by atoms with Gasteiger partial charge in [-0.05, 0) is 38.1 Å². The SMILES string of the molecule is CC(C)NC=C1N=C(c2ccccc2Cl)c2cc(Cl)ccc2NC1=O. The number of carbonyl (C=O) groups excluding carboxylic acids is 1. The normalized spacial score (nSPS) is 15.5. The molecule has 0 unspecified atom stereocenters. The van der Waals surface area contributed by atoms with Crippen molar-refractivity contribution in [2.45, 2.75) is 19.9 Å². The molecule has 0 radical (unpaired) electrons.